The lowest BCUT2D eigenvalue weighted by Gasteiger charge is -2.12. The molecular weight excluding hydrogens is 447 g/mol. The number of aromatic nitrogens is 5. The number of nitrogens with zero attached hydrogens (tertiary/aromatic N) is 5. The summed E-state index contributed by atoms with van der Waals surface area (Å²) in [6.45, 7) is 1.66. The Hall–Kier alpha value is -4.50. The van der Waals surface area contributed by atoms with Crippen LogP contribution in [0.1, 0.15) is 17.1 Å². The number of pyridine rings is 1. The Morgan fingerprint density at radius 1 is 1.14 bits per heavy atom. The number of ether oxygens (including phenoxy) is 1. The Labute approximate surface area is 201 Å². The second-order valence-corrected chi connectivity index (χ2v) is 7.87. The fourth-order valence-corrected chi connectivity index (χ4v) is 3.93. The van der Waals surface area contributed by atoms with Gasteiger partial charge >= 0.3 is 0 Å². The summed E-state index contributed by atoms with van der Waals surface area (Å²) >= 11 is 0. The van der Waals surface area contributed by atoms with E-state index in [4.69, 9.17) is 9.72 Å². The van der Waals surface area contributed by atoms with Gasteiger partial charge in [-0.15, -0.1) is 0 Å². The van der Waals surface area contributed by atoms with Crippen molar-refractivity contribution < 1.29 is 14.2 Å². The van der Waals surface area contributed by atoms with Crippen LogP contribution in [0.5, 0.6) is 0 Å². The van der Waals surface area contributed by atoms with E-state index < -0.39 is 0 Å². The summed E-state index contributed by atoms with van der Waals surface area (Å²) in [5.74, 6) is 0.343. The third-order valence-corrected chi connectivity index (χ3v) is 5.55. The number of aryl methyl sites for hydroxylation is 1. The van der Waals surface area contributed by atoms with Gasteiger partial charge in [0.15, 0.2) is 5.65 Å². The first-order valence-electron chi connectivity index (χ1n) is 10.9. The van der Waals surface area contributed by atoms with E-state index in [9.17, 15) is 9.50 Å². The molecule has 0 fully saturated rings. The first-order chi connectivity index (χ1) is 17.1. The van der Waals surface area contributed by atoms with Gasteiger partial charge in [-0.1, -0.05) is 0 Å². The maximum Gasteiger partial charge on any atom is 0.161 e. The SMILES string of the molecule is COC=Cc1c(-c2ccc(F)cc2)nc2c(Nc3ccc(-n4cnc(C)n4)c(CO)c3)cccn12. The predicted molar refractivity (Wildman–Crippen MR) is 132 cm³/mol. The average molecular weight is 471 g/mol. The van der Waals surface area contributed by atoms with Crippen molar-refractivity contribution in [1.29, 1.82) is 0 Å². The number of halogens is 1. The van der Waals surface area contributed by atoms with E-state index in [2.05, 4.69) is 15.4 Å². The van der Waals surface area contributed by atoms with Crippen LogP contribution in [0.15, 0.2) is 73.4 Å². The topological polar surface area (TPSA) is 89.5 Å². The molecule has 0 atom stereocenters. The van der Waals surface area contributed by atoms with Gasteiger partial charge in [0.2, 0.25) is 0 Å². The Morgan fingerprint density at radius 3 is 2.69 bits per heavy atom. The lowest BCUT2D eigenvalue weighted by atomic mass is 10.1. The molecule has 5 rings (SSSR count). The molecule has 3 heterocycles. The first kappa shape index (κ1) is 22.3. The normalized spacial score (nSPS) is 11.4. The molecule has 0 saturated heterocycles. The number of nitrogens with one attached hydrogen (secondary N) is 1. The Balaban J connectivity index is 1.57. The van der Waals surface area contributed by atoms with Gasteiger partial charge in [-0.05, 0) is 67.6 Å². The van der Waals surface area contributed by atoms with Crippen molar-refractivity contribution in [3.05, 3.63) is 96.3 Å². The van der Waals surface area contributed by atoms with Gasteiger partial charge in [0.25, 0.3) is 0 Å². The maximum atomic E-state index is 13.5. The number of aliphatic hydroxyl groups is 1. The molecule has 0 amide bonds. The molecule has 2 aromatic carbocycles. The molecule has 35 heavy (non-hydrogen) atoms. The molecule has 0 aliphatic heterocycles. The maximum absolute atomic E-state index is 13.5. The van der Waals surface area contributed by atoms with Crippen LogP contribution in [0.4, 0.5) is 15.8 Å². The number of imidazole rings is 1. The van der Waals surface area contributed by atoms with Crippen LogP contribution in [-0.2, 0) is 11.3 Å². The third-order valence-electron chi connectivity index (χ3n) is 5.55. The highest BCUT2D eigenvalue weighted by atomic mass is 19.1. The molecule has 176 valence electrons. The third kappa shape index (κ3) is 4.36. The summed E-state index contributed by atoms with van der Waals surface area (Å²) in [4.78, 5) is 9.03. The smallest absolute Gasteiger partial charge is 0.161 e. The number of hydrogen-bond donors (Lipinski definition) is 2. The van der Waals surface area contributed by atoms with Crippen molar-refractivity contribution in [3.63, 3.8) is 0 Å². The summed E-state index contributed by atoms with van der Waals surface area (Å²) in [5.41, 5.74) is 5.96. The molecule has 5 aromatic rings. The van der Waals surface area contributed by atoms with Crippen molar-refractivity contribution in [1.82, 2.24) is 24.1 Å². The standard InChI is InChI=1S/C26H23FN6O2/c1-17-28-16-33(31-17)23-10-9-21(14-19(23)15-34)29-22-4-3-12-32-24(11-13-35-2)25(30-26(22)32)18-5-7-20(27)8-6-18/h3-14,16,29,34H,15H2,1-2H3. The summed E-state index contributed by atoms with van der Waals surface area (Å²) < 4.78 is 22.2. The van der Waals surface area contributed by atoms with Crippen LogP contribution in [0.2, 0.25) is 0 Å². The predicted octanol–water partition coefficient (Wildman–Crippen LogP) is 4.88. The van der Waals surface area contributed by atoms with Gasteiger partial charge in [-0.2, -0.15) is 5.10 Å². The number of methoxy groups -OCH3 is 1. The van der Waals surface area contributed by atoms with E-state index in [1.807, 2.05) is 53.9 Å². The monoisotopic (exact) mass is 470 g/mol. The zero-order valence-corrected chi connectivity index (χ0v) is 19.2. The lowest BCUT2D eigenvalue weighted by molar-refractivity contribution is 0.281. The minimum Gasteiger partial charge on any atom is -0.504 e. The number of aliphatic hydroxyl groups excluding tert-OH is 1. The first-order valence-corrected chi connectivity index (χ1v) is 10.9. The zero-order valence-electron chi connectivity index (χ0n) is 19.2. The second-order valence-electron chi connectivity index (χ2n) is 7.87. The van der Waals surface area contributed by atoms with Crippen molar-refractivity contribution >= 4 is 23.1 Å². The summed E-state index contributed by atoms with van der Waals surface area (Å²) in [7, 11) is 1.58. The number of rotatable bonds is 7. The minimum absolute atomic E-state index is 0.155. The Kier molecular flexibility index (Phi) is 5.99. The fraction of sp³-hybridized carbons (Fsp3) is 0.115. The largest absolute Gasteiger partial charge is 0.504 e. The molecular formula is C26H23FN6O2. The van der Waals surface area contributed by atoms with Gasteiger partial charge in [-0.25, -0.2) is 19.0 Å². The molecule has 0 aliphatic rings. The Bertz CT molecular complexity index is 1520. The van der Waals surface area contributed by atoms with Crippen LogP contribution in [0, 0.1) is 12.7 Å². The second kappa shape index (κ2) is 9.40. The van der Waals surface area contributed by atoms with Crippen molar-refractivity contribution in [2.75, 3.05) is 12.4 Å². The van der Waals surface area contributed by atoms with E-state index >= 15 is 0 Å². The van der Waals surface area contributed by atoms with E-state index in [1.54, 1.807) is 36.5 Å². The van der Waals surface area contributed by atoms with Gasteiger partial charge in [0.1, 0.15) is 18.0 Å². The average Bonchev–Trinajstić information content (AvgIpc) is 3.47. The van der Waals surface area contributed by atoms with E-state index in [0.29, 0.717) is 22.7 Å². The van der Waals surface area contributed by atoms with Crippen LogP contribution in [-0.4, -0.2) is 36.4 Å². The molecule has 0 bridgehead atoms. The van der Waals surface area contributed by atoms with E-state index in [-0.39, 0.29) is 12.4 Å². The molecule has 2 N–H and O–H groups in total. The molecule has 9 heteroatoms. The Morgan fingerprint density at radius 2 is 1.97 bits per heavy atom. The quantitative estimate of drug-likeness (QED) is 0.330. The highest BCUT2D eigenvalue weighted by Gasteiger charge is 2.16. The summed E-state index contributed by atoms with van der Waals surface area (Å²) in [6, 6.07) is 15.7. The van der Waals surface area contributed by atoms with Crippen LogP contribution >= 0.6 is 0 Å². The van der Waals surface area contributed by atoms with Gasteiger partial charge < -0.3 is 15.2 Å². The molecule has 0 aliphatic carbocycles. The highest BCUT2D eigenvalue weighted by molar-refractivity contribution is 5.81. The molecule has 0 spiro atoms. The highest BCUT2D eigenvalue weighted by Crippen LogP contribution is 2.31. The van der Waals surface area contributed by atoms with Crippen LogP contribution in [0.3, 0.4) is 0 Å². The van der Waals surface area contributed by atoms with Crippen LogP contribution < -0.4 is 5.32 Å². The summed E-state index contributed by atoms with van der Waals surface area (Å²) in [6.07, 6.45) is 6.93. The van der Waals surface area contributed by atoms with E-state index in [0.717, 1.165) is 28.3 Å². The number of fused-ring (bicyclic) bond motifs is 1. The number of hydrogen-bond acceptors (Lipinski definition) is 6. The molecule has 0 radical (unpaired) electrons. The molecule has 8 nitrogen and oxygen atoms in total. The van der Waals surface area contributed by atoms with E-state index in [1.165, 1.54) is 12.1 Å². The zero-order chi connectivity index (χ0) is 24.4. The molecule has 0 unspecified atom stereocenters. The summed E-state index contributed by atoms with van der Waals surface area (Å²) in [5, 5.41) is 17.7. The van der Waals surface area contributed by atoms with Crippen LogP contribution in [0.25, 0.3) is 28.7 Å². The van der Waals surface area contributed by atoms with Crippen molar-refractivity contribution in [2.45, 2.75) is 13.5 Å². The molecule has 3 aromatic heterocycles. The van der Waals surface area contributed by atoms with Gasteiger partial charge in [0.05, 0.1) is 42.7 Å². The number of anilines is 2. The van der Waals surface area contributed by atoms with Crippen molar-refractivity contribution in [2.24, 2.45) is 0 Å². The minimum atomic E-state index is -0.307. The molecule has 0 saturated carbocycles. The lowest BCUT2D eigenvalue weighted by Crippen LogP contribution is -2.02. The number of benzene rings is 2. The fourth-order valence-electron chi connectivity index (χ4n) is 3.93. The van der Waals surface area contributed by atoms with Crippen molar-refractivity contribution in [3.8, 4) is 16.9 Å². The van der Waals surface area contributed by atoms with Gasteiger partial charge in [0, 0.05) is 23.0 Å². The van der Waals surface area contributed by atoms with Gasteiger partial charge in [-0.3, -0.25) is 4.40 Å².